The summed E-state index contributed by atoms with van der Waals surface area (Å²) in [4.78, 5) is 72.6. The molecule has 0 aliphatic rings. The molecule has 0 aliphatic carbocycles. The van der Waals surface area contributed by atoms with Crippen molar-refractivity contribution in [3.63, 3.8) is 0 Å². The van der Waals surface area contributed by atoms with E-state index in [1.54, 1.807) is 0 Å². The average Bonchev–Trinajstić information content (AvgIpc) is 1.18. The minimum Gasteiger partial charge on any atom is -0.462 e. The van der Waals surface area contributed by atoms with Crippen LogP contribution in [0.15, 0.2) is 0 Å². The number of aliphatic hydroxyl groups is 1. The minimum absolute atomic E-state index is 0.105. The van der Waals surface area contributed by atoms with Crippen molar-refractivity contribution in [2.45, 2.75) is 438 Å². The van der Waals surface area contributed by atoms with E-state index >= 15 is 0 Å². The maximum atomic E-state index is 13.1. The third-order valence-corrected chi connectivity index (χ3v) is 20.3. The number of carbonyl (C=O) groups is 4. The molecule has 19 heteroatoms. The molecule has 0 heterocycles. The number of esters is 4. The summed E-state index contributed by atoms with van der Waals surface area (Å²) < 4.78 is 68.3. The Bertz CT molecular complexity index is 1840. The van der Waals surface area contributed by atoms with Crippen LogP contribution in [0.1, 0.15) is 419 Å². The molecule has 576 valence electrons. The van der Waals surface area contributed by atoms with Crippen LogP contribution in [0.25, 0.3) is 0 Å². The first-order valence-corrected chi connectivity index (χ1v) is 43.8. The third kappa shape index (κ3) is 72.2. The van der Waals surface area contributed by atoms with E-state index in [4.69, 9.17) is 37.0 Å². The van der Waals surface area contributed by atoms with Gasteiger partial charge in [-0.1, -0.05) is 368 Å². The first-order chi connectivity index (χ1) is 47.2. The number of aliphatic hydroxyl groups excluding tert-OH is 1. The van der Waals surface area contributed by atoms with Gasteiger partial charge in [-0.2, -0.15) is 0 Å². The lowest BCUT2D eigenvalue weighted by atomic mass is 10.0. The highest BCUT2D eigenvalue weighted by atomic mass is 31.2. The second-order valence-corrected chi connectivity index (χ2v) is 31.0. The molecule has 97 heavy (non-hydrogen) atoms. The van der Waals surface area contributed by atoms with Crippen molar-refractivity contribution in [2.75, 3.05) is 39.6 Å². The molecule has 0 aliphatic heterocycles. The summed E-state index contributed by atoms with van der Waals surface area (Å²) in [5.74, 6) is -2.12. The van der Waals surface area contributed by atoms with E-state index in [1.165, 1.54) is 231 Å². The van der Waals surface area contributed by atoms with Crippen LogP contribution >= 0.6 is 15.6 Å². The molecule has 5 atom stereocenters. The smallest absolute Gasteiger partial charge is 0.462 e. The number of ether oxygens (including phenoxy) is 4. The van der Waals surface area contributed by atoms with E-state index in [-0.39, 0.29) is 25.7 Å². The highest BCUT2D eigenvalue weighted by Crippen LogP contribution is 2.45. The van der Waals surface area contributed by atoms with Crippen molar-refractivity contribution >= 4 is 39.5 Å². The largest absolute Gasteiger partial charge is 0.472 e. The SMILES string of the molecule is CCCCCCCCCCCCCCCCCCCCCCCC(=O)OC[C@H](COP(=O)(O)OC[C@@H](O)COP(=O)(O)OC[C@@H](COC(=O)CCCCCCCCC)OC(=O)CCCCCCCCCC)OC(=O)CCCCCCCCCCCCCCCCCCCCCCC. The molecular weight excluding hydrogens is 1270 g/mol. The zero-order valence-corrected chi connectivity index (χ0v) is 64.8. The molecule has 0 radical (unpaired) electrons. The molecule has 17 nitrogen and oxygen atoms in total. The van der Waals surface area contributed by atoms with Crippen LogP contribution in [0, 0.1) is 0 Å². The van der Waals surface area contributed by atoms with Gasteiger partial charge in [0.05, 0.1) is 26.4 Å². The highest BCUT2D eigenvalue weighted by Gasteiger charge is 2.30. The first-order valence-electron chi connectivity index (χ1n) is 40.8. The van der Waals surface area contributed by atoms with E-state index < -0.39 is 97.5 Å². The Morgan fingerprint density at radius 2 is 0.412 bits per heavy atom. The summed E-state index contributed by atoms with van der Waals surface area (Å²) in [5.41, 5.74) is 0. The summed E-state index contributed by atoms with van der Waals surface area (Å²) in [7, 11) is -9.90. The normalized spacial score (nSPS) is 13.8. The maximum Gasteiger partial charge on any atom is 0.472 e. The van der Waals surface area contributed by atoms with Crippen molar-refractivity contribution in [2.24, 2.45) is 0 Å². The summed E-state index contributed by atoms with van der Waals surface area (Å²) >= 11 is 0. The van der Waals surface area contributed by atoms with Gasteiger partial charge in [-0.05, 0) is 25.7 Å². The summed E-state index contributed by atoms with van der Waals surface area (Å²) in [6.45, 7) is 4.92. The zero-order chi connectivity index (χ0) is 71.1. The number of hydrogen-bond acceptors (Lipinski definition) is 15. The molecule has 0 fully saturated rings. The summed E-state index contributed by atoms with van der Waals surface area (Å²) in [6, 6.07) is 0. The van der Waals surface area contributed by atoms with Crippen molar-refractivity contribution in [1.29, 1.82) is 0 Å². The predicted molar refractivity (Wildman–Crippen MR) is 395 cm³/mol. The lowest BCUT2D eigenvalue weighted by molar-refractivity contribution is -0.161. The quantitative estimate of drug-likeness (QED) is 0.0222. The predicted octanol–water partition coefficient (Wildman–Crippen LogP) is 23.4. The molecule has 2 unspecified atom stereocenters. The second kappa shape index (κ2) is 72.4. The molecule has 3 N–H and O–H groups in total. The van der Waals surface area contributed by atoms with Crippen LogP contribution < -0.4 is 0 Å². The Kier molecular flexibility index (Phi) is 71.0. The Morgan fingerprint density at radius 3 is 0.608 bits per heavy atom. The van der Waals surface area contributed by atoms with Crippen LogP contribution in [0.2, 0.25) is 0 Å². The minimum atomic E-state index is -4.96. The number of unbranched alkanes of at least 4 members (excludes halogenated alkanes) is 53. The molecule has 0 amide bonds. The van der Waals surface area contributed by atoms with Crippen LogP contribution in [0.3, 0.4) is 0 Å². The van der Waals surface area contributed by atoms with E-state index in [2.05, 4.69) is 27.7 Å². The van der Waals surface area contributed by atoms with Gasteiger partial charge in [-0.15, -0.1) is 0 Å². The molecule has 0 rings (SSSR count). The van der Waals surface area contributed by atoms with E-state index in [9.17, 15) is 43.2 Å². The van der Waals surface area contributed by atoms with Crippen LogP contribution in [-0.4, -0.2) is 96.7 Å². The van der Waals surface area contributed by atoms with Crippen molar-refractivity contribution in [1.82, 2.24) is 0 Å². The molecule has 0 spiro atoms. The Morgan fingerprint density at radius 1 is 0.247 bits per heavy atom. The molecule has 0 bridgehead atoms. The third-order valence-electron chi connectivity index (χ3n) is 18.4. The molecule has 0 saturated carbocycles. The van der Waals surface area contributed by atoms with E-state index in [0.717, 1.165) is 109 Å². The summed E-state index contributed by atoms with van der Waals surface area (Å²) in [5, 5.41) is 10.6. The van der Waals surface area contributed by atoms with Crippen LogP contribution in [-0.2, 0) is 65.4 Å². The fourth-order valence-corrected chi connectivity index (χ4v) is 13.7. The van der Waals surface area contributed by atoms with Gasteiger partial charge >= 0.3 is 39.5 Å². The van der Waals surface area contributed by atoms with Gasteiger partial charge in [0.1, 0.15) is 19.3 Å². The first kappa shape index (κ1) is 95.1. The van der Waals surface area contributed by atoms with Gasteiger partial charge in [0.2, 0.25) is 0 Å². The van der Waals surface area contributed by atoms with E-state index in [1.807, 2.05) is 0 Å². The Labute approximate surface area is 594 Å². The molecule has 0 aromatic carbocycles. The average molecular weight is 1420 g/mol. The monoisotopic (exact) mass is 1420 g/mol. The zero-order valence-electron chi connectivity index (χ0n) is 63.1. The van der Waals surface area contributed by atoms with E-state index in [0.29, 0.717) is 25.7 Å². The number of phosphoric ester groups is 2. The second-order valence-electron chi connectivity index (χ2n) is 28.1. The van der Waals surface area contributed by atoms with Crippen molar-refractivity contribution in [3.05, 3.63) is 0 Å². The number of carbonyl (C=O) groups excluding carboxylic acids is 4. The standard InChI is InChI=1S/C78H152O17P2/c1-5-9-13-17-21-24-26-28-30-32-34-36-38-40-42-44-46-48-52-55-59-63-76(81)89-69-74(95-78(83)65-61-57-53-49-47-45-43-41-39-37-35-33-31-29-27-25-22-18-14-10-6-2)71-93-97(86,87)91-67-72(79)66-90-96(84,85)92-70-73(68-88-75(80)62-58-54-50-20-16-12-8-4)94-77(82)64-60-56-51-23-19-15-11-7-3/h72-74,79H,5-71H2,1-4H3,(H,84,85)(H,86,87)/t72-,73+,74+/m0/s1. The van der Waals surface area contributed by atoms with Gasteiger partial charge in [0, 0.05) is 25.7 Å². The highest BCUT2D eigenvalue weighted by molar-refractivity contribution is 7.47. The fourth-order valence-electron chi connectivity index (χ4n) is 12.1. The van der Waals surface area contributed by atoms with Gasteiger partial charge in [0.15, 0.2) is 12.2 Å². The van der Waals surface area contributed by atoms with Crippen molar-refractivity contribution < 1.29 is 80.2 Å². The Balaban J connectivity index is 5.09. The van der Waals surface area contributed by atoms with Crippen LogP contribution in [0.4, 0.5) is 0 Å². The molecule has 0 saturated heterocycles. The molecule has 0 aromatic rings. The number of rotatable bonds is 79. The van der Waals surface area contributed by atoms with Gasteiger partial charge in [-0.25, -0.2) is 9.13 Å². The topological polar surface area (TPSA) is 237 Å². The molecule has 0 aromatic heterocycles. The number of phosphoric acid groups is 2. The molecular formula is C78H152O17P2. The number of hydrogen-bond donors (Lipinski definition) is 3. The van der Waals surface area contributed by atoms with Gasteiger partial charge < -0.3 is 33.8 Å². The lowest BCUT2D eigenvalue weighted by Gasteiger charge is -2.21. The summed E-state index contributed by atoms with van der Waals surface area (Å²) in [6.07, 6.45) is 64.4. The fraction of sp³-hybridized carbons (Fsp3) is 0.949. The maximum absolute atomic E-state index is 13.1. The lowest BCUT2D eigenvalue weighted by Crippen LogP contribution is -2.30. The van der Waals surface area contributed by atoms with Crippen molar-refractivity contribution in [3.8, 4) is 0 Å². The van der Waals surface area contributed by atoms with Gasteiger partial charge in [0.25, 0.3) is 0 Å². The van der Waals surface area contributed by atoms with Gasteiger partial charge in [-0.3, -0.25) is 37.3 Å². The van der Waals surface area contributed by atoms with Crippen LogP contribution in [0.5, 0.6) is 0 Å². The Hall–Kier alpha value is -1.94.